The molecule has 3 atom stereocenters. The van der Waals surface area contributed by atoms with E-state index in [1.165, 1.54) is 12.0 Å². The molecule has 2 aliphatic rings. The van der Waals surface area contributed by atoms with Gasteiger partial charge in [0.2, 0.25) is 0 Å². The Bertz CT molecular complexity index is 422. The highest BCUT2D eigenvalue weighted by molar-refractivity contribution is 5.15. The van der Waals surface area contributed by atoms with Crippen LogP contribution in [0, 0.1) is 11.3 Å². The van der Waals surface area contributed by atoms with Crippen molar-refractivity contribution in [1.82, 2.24) is 4.90 Å². The Morgan fingerprint density at radius 1 is 1.32 bits per heavy atom. The van der Waals surface area contributed by atoms with E-state index in [9.17, 15) is 5.11 Å². The summed E-state index contributed by atoms with van der Waals surface area (Å²) in [5.41, 5.74) is 7.30. The van der Waals surface area contributed by atoms with Gasteiger partial charge in [0, 0.05) is 31.6 Å². The molecule has 0 aromatic heterocycles. The van der Waals surface area contributed by atoms with Crippen molar-refractivity contribution in [3.05, 3.63) is 35.9 Å². The minimum absolute atomic E-state index is 0.0596. The Labute approximate surface area is 115 Å². The Morgan fingerprint density at radius 2 is 2.11 bits per heavy atom. The number of fused-ring (bicyclic) bond motifs is 2. The first-order chi connectivity index (χ1) is 9.23. The highest BCUT2D eigenvalue weighted by Crippen LogP contribution is 2.43. The van der Waals surface area contributed by atoms with Crippen molar-refractivity contribution >= 4 is 0 Å². The molecule has 1 saturated carbocycles. The van der Waals surface area contributed by atoms with Gasteiger partial charge in [0.1, 0.15) is 0 Å². The maximum absolute atomic E-state index is 10.5. The van der Waals surface area contributed by atoms with Crippen LogP contribution in [0.4, 0.5) is 0 Å². The predicted molar refractivity (Wildman–Crippen MR) is 76.6 cm³/mol. The van der Waals surface area contributed by atoms with Gasteiger partial charge >= 0.3 is 0 Å². The number of rotatable bonds is 3. The summed E-state index contributed by atoms with van der Waals surface area (Å²) >= 11 is 0. The Kier molecular flexibility index (Phi) is 3.61. The molecule has 1 aromatic carbocycles. The fourth-order valence-corrected chi connectivity index (χ4v) is 3.98. The third kappa shape index (κ3) is 2.42. The van der Waals surface area contributed by atoms with Crippen LogP contribution in [0.2, 0.25) is 0 Å². The van der Waals surface area contributed by atoms with E-state index in [2.05, 4.69) is 35.2 Å². The van der Waals surface area contributed by atoms with E-state index >= 15 is 0 Å². The van der Waals surface area contributed by atoms with Crippen LogP contribution >= 0.6 is 0 Å². The molecule has 2 bridgehead atoms. The number of aliphatic hydroxyl groups is 1. The van der Waals surface area contributed by atoms with Gasteiger partial charge in [-0.15, -0.1) is 0 Å². The van der Waals surface area contributed by atoms with E-state index in [-0.39, 0.29) is 11.5 Å². The van der Waals surface area contributed by atoms with Crippen LogP contribution in [-0.4, -0.2) is 35.7 Å². The molecular weight excluding hydrogens is 236 g/mol. The fraction of sp³-hybridized carbons (Fsp3) is 0.625. The van der Waals surface area contributed by atoms with E-state index < -0.39 is 0 Å². The number of hydrogen-bond donors (Lipinski definition) is 2. The van der Waals surface area contributed by atoms with Crippen molar-refractivity contribution in [2.24, 2.45) is 17.1 Å². The first kappa shape index (κ1) is 13.1. The number of hydrogen-bond acceptors (Lipinski definition) is 3. The topological polar surface area (TPSA) is 49.5 Å². The highest BCUT2D eigenvalue weighted by Gasteiger charge is 2.48. The van der Waals surface area contributed by atoms with Crippen molar-refractivity contribution in [2.45, 2.75) is 31.9 Å². The molecule has 1 saturated heterocycles. The SMILES string of the molecule is NC[C@]12CCC[C@H](CN(Cc3ccccc3)C1)[C@H]2O. The van der Waals surface area contributed by atoms with E-state index in [1.807, 2.05) is 0 Å². The molecule has 3 N–H and O–H groups in total. The van der Waals surface area contributed by atoms with Crippen molar-refractivity contribution in [2.75, 3.05) is 19.6 Å². The zero-order valence-electron chi connectivity index (χ0n) is 11.5. The molecule has 1 aliphatic carbocycles. The third-order valence-corrected chi connectivity index (χ3v) is 5.01. The van der Waals surface area contributed by atoms with Gasteiger partial charge < -0.3 is 10.8 Å². The molecule has 2 fully saturated rings. The summed E-state index contributed by atoms with van der Waals surface area (Å²) in [5.74, 6) is 0.412. The molecule has 104 valence electrons. The van der Waals surface area contributed by atoms with Crippen molar-refractivity contribution in [1.29, 1.82) is 0 Å². The van der Waals surface area contributed by atoms with Gasteiger partial charge in [-0.1, -0.05) is 36.8 Å². The molecule has 3 heteroatoms. The molecule has 0 spiro atoms. The molecule has 0 radical (unpaired) electrons. The lowest BCUT2D eigenvalue weighted by molar-refractivity contribution is -0.111. The number of nitrogens with two attached hydrogens (primary N) is 1. The third-order valence-electron chi connectivity index (χ3n) is 5.01. The fourth-order valence-electron chi connectivity index (χ4n) is 3.98. The number of aliphatic hydroxyl groups excluding tert-OH is 1. The largest absolute Gasteiger partial charge is 0.392 e. The molecule has 0 unspecified atom stereocenters. The molecule has 3 nitrogen and oxygen atoms in total. The second kappa shape index (κ2) is 5.23. The molecule has 1 heterocycles. The summed E-state index contributed by atoms with van der Waals surface area (Å²) < 4.78 is 0. The normalized spacial score (nSPS) is 35.3. The van der Waals surface area contributed by atoms with Crippen LogP contribution in [-0.2, 0) is 6.54 Å². The Balaban J connectivity index is 1.75. The standard InChI is InChI=1S/C16H24N2O/c17-11-16-8-4-7-14(15(16)19)10-18(12-16)9-13-5-2-1-3-6-13/h1-3,5-6,14-15,19H,4,7-12,17H2/t14-,15-,16-/m1/s1. The van der Waals surface area contributed by atoms with Gasteiger partial charge in [0.15, 0.2) is 0 Å². The van der Waals surface area contributed by atoms with Crippen LogP contribution in [0.5, 0.6) is 0 Å². The van der Waals surface area contributed by atoms with Crippen molar-refractivity contribution in [3.63, 3.8) is 0 Å². The van der Waals surface area contributed by atoms with Gasteiger partial charge in [-0.05, 0) is 24.3 Å². The molecule has 0 amide bonds. The second-order valence-corrected chi connectivity index (χ2v) is 6.32. The summed E-state index contributed by atoms with van der Waals surface area (Å²) in [7, 11) is 0. The molecule has 19 heavy (non-hydrogen) atoms. The van der Waals surface area contributed by atoms with Gasteiger partial charge in [-0.3, -0.25) is 4.90 Å². The van der Waals surface area contributed by atoms with Crippen LogP contribution in [0.25, 0.3) is 0 Å². The lowest BCUT2D eigenvalue weighted by Gasteiger charge is -2.53. The Hall–Kier alpha value is -0.900. The first-order valence-electron chi connectivity index (χ1n) is 7.38. The monoisotopic (exact) mass is 260 g/mol. The van der Waals surface area contributed by atoms with Crippen molar-refractivity contribution < 1.29 is 5.11 Å². The Morgan fingerprint density at radius 3 is 2.84 bits per heavy atom. The zero-order chi connectivity index (χ0) is 13.3. The summed E-state index contributed by atoms with van der Waals surface area (Å²) in [5, 5.41) is 10.5. The smallest absolute Gasteiger partial charge is 0.0661 e. The van der Waals surface area contributed by atoms with E-state index in [0.717, 1.165) is 32.5 Å². The molecule has 1 aromatic rings. The lowest BCUT2D eigenvalue weighted by atomic mass is 9.64. The second-order valence-electron chi connectivity index (χ2n) is 6.32. The number of piperidine rings is 1. The maximum Gasteiger partial charge on any atom is 0.0661 e. The van der Waals surface area contributed by atoms with Gasteiger partial charge in [-0.25, -0.2) is 0 Å². The summed E-state index contributed by atoms with van der Waals surface area (Å²) in [6.45, 7) is 3.54. The van der Waals surface area contributed by atoms with Gasteiger partial charge in [0.25, 0.3) is 0 Å². The highest BCUT2D eigenvalue weighted by atomic mass is 16.3. The average Bonchev–Trinajstić information content (AvgIpc) is 2.42. The molecule has 1 aliphatic heterocycles. The zero-order valence-corrected chi connectivity index (χ0v) is 11.5. The van der Waals surface area contributed by atoms with Crippen LogP contribution in [0.3, 0.4) is 0 Å². The summed E-state index contributed by atoms with van der Waals surface area (Å²) in [6.07, 6.45) is 3.25. The van der Waals surface area contributed by atoms with Crippen LogP contribution < -0.4 is 5.73 Å². The molecular formula is C16H24N2O. The lowest BCUT2D eigenvalue weighted by Crippen LogP contribution is -2.61. The average molecular weight is 260 g/mol. The van der Waals surface area contributed by atoms with E-state index in [1.54, 1.807) is 0 Å². The van der Waals surface area contributed by atoms with Crippen molar-refractivity contribution in [3.8, 4) is 0 Å². The number of likely N-dealkylation sites (tertiary alicyclic amines) is 1. The van der Waals surface area contributed by atoms with E-state index in [0.29, 0.717) is 12.5 Å². The summed E-state index contributed by atoms with van der Waals surface area (Å²) in [6, 6.07) is 10.6. The maximum atomic E-state index is 10.5. The minimum Gasteiger partial charge on any atom is -0.392 e. The van der Waals surface area contributed by atoms with Crippen LogP contribution in [0.1, 0.15) is 24.8 Å². The summed E-state index contributed by atoms with van der Waals surface area (Å²) in [4.78, 5) is 2.48. The quantitative estimate of drug-likeness (QED) is 0.868. The van der Waals surface area contributed by atoms with E-state index in [4.69, 9.17) is 5.73 Å². The first-order valence-corrected chi connectivity index (χ1v) is 7.38. The number of benzene rings is 1. The number of nitrogens with zero attached hydrogens (tertiary/aromatic N) is 1. The van der Waals surface area contributed by atoms with Gasteiger partial charge in [-0.2, -0.15) is 0 Å². The minimum atomic E-state index is -0.196. The predicted octanol–water partition coefficient (Wildman–Crippen LogP) is 1.61. The van der Waals surface area contributed by atoms with Crippen LogP contribution in [0.15, 0.2) is 30.3 Å². The molecule has 3 rings (SSSR count). The van der Waals surface area contributed by atoms with Gasteiger partial charge in [0.05, 0.1) is 6.10 Å².